The van der Waals surface area contributed by atoms with E-state index in [9.17, 15) is 22.4 Å². The third-order valence-electron chi connectivity index (χ3n) is 3.43. The zero-order chi connectivity index (χ0) is 19.4. The summed E-state index contributed by atoms with van der Waals surface area (Å²) in [6, 6.07) is 8.68. The van der Waals surface area contributed by atoms with E-state index in [1.165, 1.54) is 42.9 Å². The van der Waals surface area contributed by atoms with Crippen LogP contribution >= 0.6 is 0 Å². The number of aromatic nitrogens is 2. The molecule has 0 aliphatic rings. The summed E-state index contributed by atoms with van der Waals surface area (Å²) in [5.41, 5.74) is 0.717. The van der Waals surface area contributed by atoms with Gasteiger partial charge in [-0.3, -0.25) is 9.78 Å². The molecule has 0 aliphatic heterocycles. The van der Waals surface area contributed by atoms with Crippen LogP contribution < -0.4 is 10.1 Å². The molecule has 0 spiro atoms. The third kappa shape index (κ3) is 4.78. The predicted octanol–water partition coefficient (Wildman–Crippen LogP) is 4.43. The first-order valence-electron chi connectivity index (χ1n) is 7.55. The minimum atomic E-state index is -4.91. The molecule has 0 saturated heterocycles. The van der Waals surface area contributed by atoms with Gasteiger partial charge in [0, 0.05) is 35.8 Å². The second-order valence-corrected chi connectivity index (χ2v) is 5.31. The zero-order valence-electron chi connectivity index (χ0n) is 13.5. The number of alkyl halides is 3. The van der Waals surface area contributed by atoms with Crippen molar-refractivity contribution in [2.75, 3.05) is 5.32 Å². The van der Waals surface area contributed by atoms with E-state index >= 15 is 0 Å². The third-order valence-corrected chi connectivity index (χ3v) is 3.43. The normalized spacial score (nSPS) is 11.1. The summed E-state index contributed by atoms with van der Waals surface area (Å²) in [7, 11) is 0. The van der Waals surface area contributed by atoms with Crippen LogP contribution in [0.4, 0.5) is 23.4 Å². The van der Waals surface area contributed by atoms with E-state index in [4.69, 9.17) is 0 Å². The molecule has 0 fully saturated rings. The molecular formula is C18H11F4N3O2. The van der Waals surface area contributed by atoms with Gasteiger partial charge in [0.15, 0.2) is 0 Å². The zero-order valence-corrected chi connectivity index (χ0v) is 13.5. The number of nitrogens with one attached hydrogen (secondary N) is 1. The molecule has 1 N–H and O–H groups in total. The highest BCUT2D eigenvalue weighted by atomic mass is 19.4. The first-order chi connectivity index (χ1) is 12.8. The van der Waals surface area contributed by atoms with Gasteiger partial charge in [-0.15, -0.1) is 13.2 Å². The van der Waals surface area contributed by atoms with E-state index in [0.29, 0.717) is 17.2 Å². The second-order valence-electron chi connectivity index (χ2n) is 5.31. The minimum Gasteiger partial charge on any atom is -0.406 e. The largest absolute Gasteiger partial charge is 0.573 e. The number of ether oxygens (including phenoxy) is 1. The van der Waals surface area contributed by atoms with Crippen molar-refractivity contribution in [3.63, 3.8) is 0 Å². The molecule has 1 aromatic carbocycles. The van der Waals surface area contributed by atoms with Gasteiger partial charge in [-0.25, -0.2) is 9.37 Å². The van der Waals surface area contributed by atoms with E-state index in [1.54, 1.807) is 0 Å². The van der Waals surface area contributed by atoms with Crippen molar-refractivity contribution in [1.82, 2.24) is 9.97 Å². The van der Waals surface area contributed by atoms with Crippen molar-refractivity contribution >= 4 is 11.7 Å². The second kappa shape index (κ2) is 7.40. The summed E-state index contributed by atoms with van der Waals surface area (Å²) in [4.78, 5) is 19.9. The number of hydrogen-bond acceptors (Lipinski definition) is 4. The number of halogens is 4. The summed E-state index contributed by atoms with van der Waals surface area (Å²) >= 11 is 0. The monoisotopic (exact) mass is 377 g/mol. The Morgan fingerprint density at radius 2 is 1.74 bits per heavy atom. The fraction of sp³-hybridized carbons (Fsp3) is 0.0556. The van der Waals surface area contributed by atoms with Crippen LogP contribution in [0.2, 0.25) is 0 Å². The van der Waals surface area contributed by atoms with Gasteiger partial charge in [0.05, 0.1) is 0 Å². The van der Waals surface area contributed by atoms with Crippen LogP contribution in [0.1, 0.15) is 10.4 Å². The van der Waals surface area contributed by atoms with E-state index in [0.717, 1.165) is 12.1 Å². The van der Waals surface area contributed by atoms with Gasteiger partial charge in [0.2, 0.25) is 0 Å². The highest BCUT2D eigenvalue weighted by Crippen LogP contribution is 2.30. The Labute approximate surface area is 150 Å². The van der Waals surface area contributed by atoms with Crippen LogP contribution in [0.25, 0.3) is 11.1 Å². The molecule has 1 amide bonds. The quantitative estimate of drug-likeness (QED) is 0.683. The standard InChI is InChI=1S/C18H11F4N3O2/c19-15-10-13(27-18(20,21)22)1-2-14(15)12-5-8-24-16(9-12)25-17(26)11-3-6-23-7-4-11/h1-10H,(H,24,25,26). The highest BCUT2D eigenvalue weighted by Gasteiger charge is 2.31. The maximum atomic E-state index is 14.2. The summed E-state index contributed by atoms with van der Waals surface area (Å²) < 4.78 is 54.5. The van der Waals surface area contributed by atoms with E-state index < -0.39 is 23.8 Å². The summed E-state index contributed by atoms with van der Waals surface area (Å²) in [6.07, 6.45) is -0.649. The number of benzene rings is 1. The molecule has 3 rings (SSSR count). The van der Waals surface area contributed by atoms with Crippen LogP contribution in [0, 0.1) is 5.82 Å². The average Bonchev–Trinajstić information content (AvgIpc) is 2.61. The number of nitrogens with zero attached hydrogens (tertiary/aromatic N) is 2. The molecule has 0 atom stereocenters. The van der Waals surface area contributed by atoms with Gasteiger partial charge in [-0.2, -0.15) is 0 Å². The number of carbonyl (C=O) groups excluding carboxylic acids is 1. The topological polar surface area (TPSA) is 64.1 Å². The van der Waals surface area contributed by atoms with Gasteiger partial charge in [0.25, 0.3) is 5.91 Å². The smallest absolute Gasteiger partial charge is 0.406 e. The Morgan fingerprint density at radius 3 is 2.41 bits per heavy atom. The molecule has 0 bridgehead atoms. The lowest BCUT2D eigenvalue weighted by Crippen LogP contribution is -2.17. The first kappa shape index (κ1) is 18.3. The Morgan fingerprint density at radius 1 is 1.00 bits per heavy atom. The molecule has 2 heterocycles. The van der Waals surface area contributed by atoms with E-state index in [2.05, 4.69) is 20.0 Å². The number of hydrogen-bond donors (Lipinski definition) is 1. The Kier molecular flexibility index (Phi) is 5.02. The lowest BCUT2D eigenvalue weighted by molar-refractivity contribution is -0.274. The van der Waals surface area contributed by atoms with Gasteiger partial charge < -0.3 is 10.1 Å². The molecular weight excluding hydrogens is 366 g/mol. The van der Waals surface area contributed by atoms with Crippen molar-refractivity contribution < 1.29 is 27.1 Å². The molecule has 2 aromatic heterocycles. The lowest BCUT2D eigenvalue weighted by Gasteiger charge is -2.11. The van der Waals surface area contributed by atoms with Crippen molar-refractivity contribution in [1.29, 1.82) is 0 Å². The number of rotatable bonds is 4. The number of amides is 1. The van der Waals surface area contributed by atoms with Crippen LogP contribution in [0.3, 0.4) is 0 Å². The maximum Gasteiger partial charge on any atom is 0.573 e. The number of carbonyl (C=O) groups is 1. The van der Waals surface area contributed by atoms with Gasteiger partial charge in [-0.05, 0) is 42.0 Å². The predicted molar refractivity (Wildman–Crippen MR) is 88.5 cm³/mol. The van der Waals surface area contributed by atoms with E-state index in [1.807, 2.05) is 0 Å². The summed E-state index contributed by atoms with van der Waals surface area (Å²) in [6.45, 7) is 0. The fourth-order valence-corrected chi connectivity index (χ4v) is 2.29. The van der Waals surface area contributed by atoms with Crippen LogP contribution in [0.5, 0.6) is 5.75 Å². The molecule has 0 radical (unpaired) electrons. The summed E-state index contributed by atoms with van der Waals surface area (Å²) in [5, 5.41) is 2.56. The molecule has 9 heteroatoms. The average molecular weight is 377 g/mol. The highest BCUT2D eigenvalue weighted by molar-refractivity contribution is 6.03. The SMILES string of the molecule is O=C(Nc1cc(-c2ccc(OC(F)(F)F)cc2F)ccn1)c1ccncc1. The Hall–Kier alpha value is -3.49. The molecule has 0 aliphatic carbocycles. The Bertz CT molecular complexity index is 962. The minimum absolute atomic E-state index is 0.0336. The molecule has 3 aromatic rings. The van der Waals surface area contributed by atoms with Crippen molar-refractivity contribution in [3.05, 3.63) is 72.4 Å². The van der Waals surface area contributed by atoms with E-state index in [-0.39, 0.29) is 11.4 Å². The van der Waals surface area contributed by atoms with Crippen LogP contribution in [-0.2, 0) is 0 Å². The van der Waals surface area contributed by atoms with Gasteiger partial charge in [0.1, 0.15) is 17.4 Å². The maximum absolute atomic E-state index is 14.2. The van der Waals surface area contributed by atoms with Crippen LogP contribution in [0.15, 0.2) is 61.1 Å². The van der Waals surface area contributed by atoms with Crippen molar-refractivity contribution in [2.45, 2.75) is 6.36 Å². The molecule has 27 heavy (non-hydrogen) atoms. The fourth-order valence-electron chi connectivity index (χ4n) is 2.29. The molecule has 5 nitrogen and oxygen atoms in total. The lowest BCUT2D eigenvalue weighted by atomic mass is 10.1. The molecule has 0 unspecified atom stereocenters. The number of pyridine rings is 2. The summed E-state index contributed by atoms with van der Waals surface area (Å²) in [5.74, 6) is -1.85. The molecule has 0 saturated carbocycles. The molecule has 138 valence electrons. The first-order valence-corrected chi connectivity index (χ1v) is 7.55. The van der Waals surface area contributed by atoms with Gasteiger partial charge >= 0.3 is 6.36 Å². The van der Waals surface area contributed by atoms with Gasteiger partial charge in [-0.1, -0.05) is 0 Å². The number of anilines is 1. The Balaban J connectivity index is 1.82. The van der Waals surface area contributed by atoms with Crippen molar-refractivity contribution in [3.8, 4) is 16.9 Å². The van der Waals surface area contributed by atoms with Crippen molar-refractivity contribution in [2.24, 2.45) is 0 Å². The van der Waals surface area contributed by atoms with Crippen LogP contribution in [-0.4, -0.2) is 22.2 Å².